The largest absolute Gasteiger partial charge is 0.350 e. The first-order chi connectivity index (χ1) is 13.7. The standard InChI is InChI=1S/C23H25N3O2/c1-2-18-8-3-4-9-20(18)17-25-15-7-14-24-13-6-12-22(24)23(25)19-10-5-11-21(16-19)26(27)28/h3-6,8-13,16,23H,2,7,14-15,17H2,1H3/t23-/m0/s1. The summed E-state index contributed by atoms with van der Waals surface area (Å²) in [4.78, 5) is 13.5. The van der Waals surface area contributed by atoms with Crippen LogP contribution in [-0.4, -0.2) is 20.9 Å². The summed E-state index contributed by atoms with van der Waals surface area (Å²) in [6, 6.07) is 19.9. The van der Waals surface area contributed by atoms with Crippen molar-refractivity contribution in [1.82, 2.24) is 9.47 Å². The van der Waals surface area contributed by atoms with Gasteiger partial charge < -0.3 is 4.57 Å². The number of benzene rings is 2. The molecule has 1 atom stereocenters. The zero-order valence-corrected chi connectivity index (χ0v) is 16.1. The molecule has 2 heterocycles. The van der Waals surface area contributed by atoms with Crippen molar-refractivity contribution >= 4 is 5.69 Å². The van der Waals surface area contributed by atoms with Crippen molar-refractivity contribution in [2.24, 2.45) is 0 Å². The summed E-state index contributed by atoms with van der Waals surface area (Å²) in [6.07, 6.45) is 4.17. The smallest absolute Gasteiger partial charge is 0.269 e. The molecular formula is C23H25N3O2. The van der Waals surface area contributed by atoms with E-state index in [1.165, 1.54) is 16.8 Å². The van der Waals surface area contributed by atoms with Crippen molar-refractivity contribution in [1.29, 1.82) is 0 Å². The van der Waals surface area contributed by atoms with E-state index in [0.717, 1.165) is 38.0 Å². The Hall–Kier alpha value is -2.92. The molecule has 4 rings (SSSR count). The van der Waals surface area contributed by atoms with E-state index in [4.69, 9.17) is 0 Å². The molecule has 1 aliphatic rings. The molecule has 0 fully saturated rings. The van der Waals surface area contributed by atoms with Crippen molar-refractivity contribution < 1.29 is 4.92 Å². The number of aryl methyl sites for hydroxylation is 2. The number of hydrogen-bond acceptors (Lipinski definition) is 3. The average molecular weight is 375 g/mol. The minimum Gasteiger partial charge on any atom is -0.350 e. The predicted octanol–water partition coefficient (Wildman–Crippen LogP) is 4.95. The highest BCUT2D eigenvalue weighted by atomic mass is 16.6. The molecule has 5 nitrogen and oxygen atoms in total. The first-order valence-corrected chi connectivity index (χ1v) is 9.87. The van der Waals surface area contributed by atoms with Crippen LogP contribution in [0.5, 0.6) is 0 Å². The van der Waals surface area contributed by atoms with Crippen LogP contribution in [0.4, 0.5) is 5.69 Å². The van der Waals surface area contributed by atoms with Gasteiger partial charge in [0.25, 0.3) is 5.69 Å². The Balaban J connectivity index is 1.77. The Kier molecular flexibility index (Phi) is 5.26. The summed E-state index contributed by atoms with van der Waals surface area (Å²) < 4.78 is 2.29. The van der Waals surface area contributed by atoms with Crippen LogP contribution in [0.3, 0.4) is 0 Å². The van der Waals surface area contributed by atoms with E-state index in [1.807, 2.05) is 6.07 Å². The quantitative estimate of drug-likeness (QED) is 0.468. The number of non-ortho nitro benzene ring substituents is 1. The van der Waals surface area contributed by atoms with Crippen LogP contribution < -0.4 is 0 Å². The van der Waals surface area contributed by atoms with Gasteiger partial charge in [-0.1, -0.05) is 43.3 Å². The fraction of sp³-hybridized carbons (Fsp3) is 0.304. The highest BCUT2D eigenvalue weighted by molar-refractivity contribution is 5.39. The van der Waals surface area contributed by atoms with Crippen LogP contribution in [0.2, 0.25) is 0 Å². The summed E-state index contributed by atoms with van der Waals surface area (Å²) >= 11 is 0. The molecule has 0 N–H and O–H groups in total. The molecule has 28 heavy (non-hydrogen) atoms. The van der Waals surface area contributed by atoms with Gasteiger partial charge in [-0.3, -0.25) is 15.0 Å². The molecule has 3 aromatic rings. The van der Waals surface area contributed by atoms with Crippen molar-refractivity contribution in [2.45, 2.75) is 38.9 Å². The molecule has 0 radical (unpaired) electrons. The normalized spacial score (nSPS) is 17.1. The monoisotopic (exact) mass is 375 g/mol. The predicted molar refractivity (Wildman–Crippen MR) is 110 cm³/mol. The first kappa shape index (κ1) is 18.4. The van der Waals surface area contributed by atoms with Gasteiger partial charge in [-0.15, -0.1) is 0 Å². The van der Waals surface area contributed by atoms with E-state index < -0.39 is 0 Å². The molecule has 0 saturated heterocycles. The molecule has 0 spiro atoms. The summed E-state index contributed by atoms with van der Waals surface area (Å²) in [6.45, 7) is 4.94. The van der Waals surface area contributed by atoms with Gasteiger partial charge in [-0.25, -0.2) is 0 Å². The van der Waals surface area contributed by atoms with Crippen molar-refractivity contribution in [2.75, 3.05) is 6.54 Å². The van der Waals surface area contributed by atoms with Gasteiger partial charge in [0.15, 0.2) is 0 Å². The van der Waals surface area contributed by atoms with Gasteiger partial charge in [-0.2, -0.15) is 0 Å². The second-order valence-corrected chi connectivity index (χ2v) is 7.33. The molecule has 0 amide bonds. The van der Waals surface area contributed by atoms with E-state index in [9.17, 15) is 10.1 Å². The number of rotatable bonds is 5. The lowest BCUT2D eigenvalue weighted by Crippen LogP contribution is -2.30. The summed E-state index contributed by atoms with van der Waals surface area (Å²) in [5, 5.41) is 11.3. The summed E-state index contributed by atoms with van der Waals surface area (Å²) in [5.41, 5.74) is 5.02. The Morgan fingerprint density at radius 1 is 1.04 bits per heavy atom. The minimum atomic E-state index is -0.310. The Morgan fingerprint density at radius 2 is 1.86 bits per heavy atom. The molecular weight excluding hydrogens is 350 g/mol. The van der Waals surface area contributed by atoms with Gasteiger partial charge in [0.05, 0.1) is 11.0 Å². The molecule has 2 aromatic carbocycles. The van der Waals surface area contributed by atoms with Crippen molar-refractivity contribution in [3.63, 3.8) is 0 Å². The van der Waals surface area contributed by atoms with Crippen LogP contribution in [-0.2, 0) is 19.5 Å². The maximum absolute atomic E-state index is 11.3. The Morgan fingerprint density at radius 3 is 2.64 bits per heavy atom. The van der Waals surface area contributed by atoms with Gasteiger partial charge in [0.1, 0.15) is 0 Å². The minimum absolute atomic E-state index is 0.00214. The van der Waals surface area contributed by atoms with Crippen molar-refractivity contribution in [3.05, 3.63) is 99.4 Å². The second-order valence-electron chi connectivity index (χ2n) is 7.33. The third-order valence-electron chi connectivity index (χ3n) is 5.62. The zero-order chi connectivity index (χ0) is 19.5. The lowest BCUT2D eigenvalue weighted by Gasteiger charge is -2.31. The molecule has 0 bridgehead atoms. The van der Waals surface area contributed by atoms with Crippen LogP contribution >= 0.6 is 0 Å². The van der Waals surface area contributed by atoms with Gasteiger partial charge in [0, 0.05) is 43.7 Å². The SMILES string of the molecule is CCc1ccccc1CN1CCCn2cccc2[C@@H]1c1cccc([N+](=O)[O-])c1. The number of hydrogen-bond donors (Lipinski definition) is 0. The number of fused-ring (bicyclic) bond motifs is 1. The number of nitro benzene ring substituents is 1. The molecule has 0 saturated carbocycles. The Bertz CT molecular complexity index is 979. The van der Waals surface area contributed by atoms with Gasteiger partial charge in [-0.05, 0) is 41.7 Å². The lowest BCUT2D eigenvalue weighted by atomic mass is 9.99. The number of nitro groups is 1. The van der Waals surface area contributed by atoms with Gasteiger partial charge >= 0.3 is 0 Å². The first-order valence-electron chi connectivity index (χ1n) is 9.87. The second kappa shape index (κ2) is 7.98. The third-order valence-corrected chi connectivity index (χ3v) is 5.62. The van der Waals surface area contributed by atoms with Crippen LogP contribution in [0.1, 0.15) is 41.8 Å². The van der Waals surface area contributed by atoms with Crippen LogP contribution in [0.25, 0.3) is 0 Å². The molecule has 1 aliphatic heterocycles. The van der Waals surface area contributed by atoms with Crippen molar-refractivity contribution in [3.8, 4) is 0 Å². The van der Waals surface area contributed by atoms with Crippen LogP contribution in [0.15, 0.2) is 66.9 Å². The maximum atomic E-state index is 11.3. The fourth-order valence-corrected chi connectivity index (χ4v) is 4.28. The maximum Gasteiger partial charge on any atom is 0.269 e. The van der Waals surface area contributed by atoms with E-state index in [0.29, 0.717) is 0 Å². The third kappa shape index (κ3) is 3.58. The molecule has 1 aromatic heterocycles. The van der Waals surface area contributed by atoms with Gasteiger partial charge in [0.2, 0.25) is 0 Å². The molecule has 144 valence electrons. The molecule has 5 heteroatoms. The highest BCUT2D eigenvalue weighted by Gasteiger charge is 2.28. The number of aromatic nitrogens is 1. The van der Waals surface area contributed by atoms with E-state index in [1.54, 1.807) is 18.2 Å². The van der Waals surface area contributed by atoms with Crippen LogP contribution in [0, 0.1) is 10.1 Å². The topological polar surface area (TPSA) is 51.3 Å². The molecule has 0 unspecified atom stereocenters. The molecule has 0 aliphatic carbocycles. The van der Waals surface area contributed by atoms with E-state index in [-0.39, 0.29) is 16.7 Å². The summed E-state index contributed by atoms with van der Waals surface area (Å²) in [7, 11) is 0. The zero-order valence-electron chi connectivity index (χ0n) is 16.1. The van der Waals surface area contributed by atoms with E-state index in [2.05, 4.69) is 59.0 Å². The fourth-order valence-electron chi connectivity index (χ4n) is 4.28. The van der Waals surface area contributed by atoms with E-state index >= 15 is 0 Å². The Labute approximate surface area is 165 Å². The summed E-state index contributed by atoms with van der Waals surface area (Å²) in [5.74, 6) is 0. The lowest BCUT2D eigenvalue weighted by molar-refractivity contribution is -0.384. The average Bonchev–Trinajstić information content (AvgIpc) is 3.10. The number of nitrogens with zero attached hydrogens (tertiary/aromatic N) is 3. The highest BCUT2D eigenvalue weighted by Crippen LogP contribution is 2.34.